The molecular weight excluding hydrogens is 416 g/mol. The normalized spacial score (nSPS) is 11.6. The van der Waals surface area contributed by atoms with Gasteiger partial charge in [-0.2, -0.15) is 0 Å². The molecule has 10 heteroatoms. The maximum absolute atomic E-state index is 13.3. The topological polar surface area (TPSA) is 103 Å². The summed E-state index contributed by atoms with van der Waals surface area (Å²) in [4.78, 5) is 16.4. The van der Waals surface area contributed by atoms with E-state index in [4.69, 9.17) is 16.3 Å². The van der Waals surface area contributed by atoms with Crippen molar-refractivity contribution in [2.45, 2.75) is 37.0 Å². The van der Waals surface area contributed by atoms with E-state index < -0.39 is 9.84 Å². The van der Waals surface area contributed by atoms with Crippen molar-refractivity contribution in [3.05, 3.63) is 46.2 Å². The average Bonchev–Trinajstić information content (AvgIpc) is 3.04. The van der Waals surface area contributed by atoms with Crippen molar-refractivity contribution in [2.75, 3.05) is 19.0 Å². The Morgan fingerprint density at radius 1 is 1.31 bits per heavy atom. The van der Waals surface area contributed by atoms with Crippen LogP contribution in [-0.2, 0) is 25.8 Å². The van der Waals surface area contributed by atoms with Crippen LogP contribution in [0.1, 0.15) is 23.9 Å². The van der Waals surface area contributed by atoms with Crippen molar-refractivity contribution in [1.82, 2.24) is 14.6 Å². The highest BCUT2D eigenvalue weighted by molar-refractivity contribution is 7.91. The fourth-order valence-corrected chi connectivity index (χ4v) is 4.92. The Bertz CT molecular complexity index is 1200. The molecule has 29 heavy (non-hydrogen) atoms. The number of carbonyl (C=O) groups is 1. The van der Waals surface area contributed by atoms with E-state index in [0.717, 1.165) is 0 Å². The van der Waals surface area contributed by atoms with Gasteiger partial charge in [-0.1, -0.05) is 17.7 Å². The maximum atomic E-state index is 13.3. The third-order valence-corrected chi connectivity index (χ3v) is 6.54. The van der Waals surface area contributed by atoms with Crippen LogP contribution in [0.15, 0.2) is 34.1 Å². The first-order chi connectivity index (χ1) is 13.7. The summed E-state index contributed by atoms with van der Waals surface area (Å²) < 4.78 is 33.1. The summed E-state index contributed by atoms with van der Waals surface area (Å²) >= 11 is 5.99. The molecule has 0 aliphatic carbocycles. The standard InChI is InChI=1S/C19H21ClN4O4S/c1-5-28-16(25)10-15-11(2)22-19-17(18(21-4)23-24(19)12(15)3)29(26,27)14-8-6-7-13(20)9-14/h6-9H,5,10H2,1-4H3,(H,21,23). The summed E-state index contributed by atoms with van der Waals surface area (Å²) in [6.07, 6.45) is 0.0274. The number of hydrogen-bond donors (Lipinski definition) is 1. The molecule has 154 valence electrons. The highest BCUT2D eigenvalue weighted by Crippen LogP contribution is 2.32. The molecule has 0 aliphatic heterocycles. The van der Waals surface area contributed by atoms with E-state index in [9.17, 15) is 13.2 Å². The van der Waals surface area contributed by atoms with Gasteiger partial charge in [0.25, 0.3) is 0 Å². The van der Waals surface area contributed by atoms with Gasteiger partial charge in [-0.25, -0.2) is 17.9 Å². The zero-order valence-corrected chi connectivity index (χ0v) is 18.1. The predicted molar refractivity (Wildman–Crippen MR) is 109 cm³/mol. The van der Waals surface area contributed by atoms with Gasteiger partial charge in [0.05, 0.1) is 17.9 Å². The van der Waals surface area contributed by atoms with E-state index in [0.29, 0.717) is 22.0 Å². The lowest BCUT2D eigenvalue weighted by Crippen LogP contribution is -2.13. The number of benzene rings is 1. The molecule has 0 aliphatic rings. The molecule has 2 heterocycles. The minimum Gasteiger partial charge on any atom is -0.466 e. The first-order valence-corrected chi connectivity index (χ1v) is 10.8. The van der Waals surface area contributed by atoms with Crippen LogP contribution in [0.25, 0.3) is 5.65 Å². The number of anilines is 1. The van der Waals surface area contributed by atoms with Crippen LogP contribution in [0.2, 0.25) is 5.02 Å². The number of sulfone groups is 1. The van der Waals surface area contributed by atoms with Crippen LogP contribution in [0.4, 0.5) is 5.82 Å². The van der Waals surface area contributed by atoms with Crippen molar-refractivity contribution >= 4 is 38.9 Å². The minimum absolute atomic E-state index is 0.0274. The van der Waals surface area contributed by atoms with E-state index >= 15 is 0 Å². The second-order valence-electron chi connectivity index (χ2n) is 6.37. The third-order valence-electron chi connectivity index (χ3n) is 4.52. The second kappa shape index (κ2) is 8.00. The highest BCUT2D eigenvalue weighted by atomic mass is 35.5. The van der Waals surface area contributed by atoms with E-state index in [1.54, 1.807) is 40.0 Å². The molecule has 0 amide bonds. The molecular formula is C19H21ClN4O4S. The monoisotopic (exact) mass is 436 g/mol. The van der Waals surface area contributed by atoms with Crippen LogP contribution in [-0.4, -0.2) is 42.6 Å². The Hall–Kier alpha value is -2.65. The molecule has 0 fully saturated rings. The number of nitrogens with one attached hydrogen (secondary N) is 1. The van der Waals surface area contributed by atoms with Crippen LogP contribution >= 0.6 is 11.6 Å². The largest absolute Gasteiger partial charge is 0.466 e. The number of ether oxygens (including phenoxy) is 1. The van der Waals surface area contributed by atoms with Crippen molar-refractivity contribution in [3.8, 4) is 0 Å². The summed E-state index contributed by atoms with van der Waals surface area (Å²) in [6, 6.07) is 6.03. The Morgan fingerprint density at radius 3 is 2.66 bits per heavy atom. The number of aryl methyl sites for hydroxylation is 2. The number of hydrogen-bond acceptors (Lipinski definition) is 7. The summed E-state index contributed by atoms with van der Waals surface area (Å²) in [5.41, 5.74) is 1.97. The molecule has 3 aromatic rings. The van der Waals surface area contributed by atoms with Gasteiger partial charge in [0.15, 0.2) is 16.4 Å². The van der Waals surface area contributed by atoms with Crippen molar-refractivity contribution in [2.24, 2.45) is 0 Å². The molecule has 0 radical (unpaired) electrons. The molecule has 0 unspecified atom stereocenters. The summed E-state index contributed by atoms with van der Waals surface area (Å²) in [7, 11) is -2.37. The van der Waals surface area contributed by atoms with E-state index in [1.807, 2.05) is 0 Å². The Labute approximate surface area is 173 Å². The van der Waals surface area contributed by atoms with Crippen LogP contribution < -0.4 is 5.32 Å². The molecule has 0 saturated heterocycles. The molecule has 2 aromatic heterocycles. The second-order valence-corrected chi connectivity index (χ2v) is 8.69. The fourth-order valence-electron chi connectivity index (χ4n) is 3.12. The number of aromatic nitrogens is 3. The SMILES string of the molecule is CCOC(=O)Cc1c(C)nc2c(S(=O)(=O)c3cccc(Cl)c3)c(NC)nn2c1C. The lowest BCUT2D eigenvalue weighted by molar-refractivity contribution is -0.142. The van der Waals surface area contributed by atoms with Gasteiger partial charge < -0.3 is 10.1 Å². The van der Waals surface area contributed by atoms with Crippen LogP contribution in [0.5, 0.6) is 0 Å². The zero-order valence-electron chi connectivity index (χ0n) is 16.5. The summed E-state index contributed by atoms with van der Waals surface area (Å²) in [6.45, 7) is 5.50. The van der Waals surface area contributed by atoms with Gasteiger partial charge in [0, 0.05) is 29.0 Å². The molecule has 1 aromatic carbocycles. The Kier molecular flexibility index (Phi) is 5.81. The molecule has 0 bridgehead atoms. The first-order valence-electron chi connectivity index (χ1n) is 8.93. The Morgan fingerprint density at radius 2 is 2.03 bits per heavy atom. The van der Waals surface area contributed by atoms with E-state index in [1.165, 1.54) is 16.6 Å². The predicted octanol–water partition coefficient (Wildman–Crippen LogP) is 2.98. The zero-order chi connectivity index (χ0) is 21.3. The van der Waals surface area contributed by atoms with Gasteiger partial charge in [-0.3, -0.25) is 4.79 Å². The smallest absolute Gasteiger partial charge is 0.310 e. The lowest BCUT2D eigenvalue weighted by atomic mass is 10.1. The van der Waals surface area contributed by atoms with Crippen molar-refractivity contribution in [3.63, 3.8) is 0 Å². The molecule has 1 N–H and O–H groups in total. The van der Waals surface area contributed by atoms with Crippen LogP contribution in [0.3, 0.4) is 0 Å². The van der Waals surface area contributed by atoms with Crippen LogP contribution in [0, 0.1) is 13.8 Å². The number of fused-ring (bicyclic) bond motifs is 1. The van der Waals surface area contributed by atoms with Gasteiger partial charge in [-0.15, -0.1) is 5.10 Å². The van der Waals surface area contributed by atoms with Gasteiger partial charge in [0.2, 0.25) is 9.84 Å². The molecule has 0 spiro atoms. The van der Waals surface area contributed by atoms with Crippen molar-refractivity contribution < 1.29 is 17.9 Å². The maximum Gasteiger partial charge on any atom is 0.310 e. The molecule has 0 atom stereocenters. The van der Waals surface area contributed by atoms with Gasteiger partial charge in [0.1, 0.15) is 0 Å². The Balaban J connectivity index is 2.25. The number of carbonyl (C=O) groups excluding carboxylic acids is 1. The van der Waals surface area contributed by atoms with E-state index in [-0.39, 0.29) is 40.3 Å². The van der Waals surface area contributed by atoms with Crippen molar-refractivity contribution in [1.29, 1.82) is 0 Å². The highest BCUT2D eigenvalue weighted by Gasteiger charge is 2.30. The average molecular weight is 437 g/mol. The van der Waals surface area contributed by atoms with Gasteiger partial charge >= 0.3 is 5.97 Å². The fraction of sp³-hybridized carbons (Fsp3) is 0.316. The van der Waals surface area contributed by atoms with E-state index in [2.05, 4.69) is 15.4 Å². The number of nitrogens with zero attached hydrogens (tertiary/aromatic N) is 3. The quantitative estimate of drug-likeness (QED) is 0.592. The van der Waals surface area contributed by atoms with Gasteiger partial charge in [-0.05, 0) is 39.0 Å². The summed E-state index contributed by atoms with van der Waals surface area (Å²) in [5, 5.41) is 7.52. The molecule has 8 nitrogen and oxygen atoms in total. The third kappa shape index (κ3) is 3.79. The molecule has 3 rings (SSSR count). The number of rotatable bonds is 6. The molecule has 0 saturated carbocycles. The number of halogens is 1. The summed E-state index contributed by atoms with van der Waals surface area (Å²) in [5.74, 6) is -0.221. The number of esters is 1. The first kappa shape index (κ1) is 21.1. The minimum atomic E-state index is -3.95. The lowest BCUT2D eigenvalue weighted by Gasteiger charge is -2.11.